The minimum Gasteiger partial charge on any atom is -0.457 e. The van der Waals surface area contributed by atoms with Gasteiger partial charge in [-0.15, -0.1) is 5.10 Å². The molecule has 0 spiro atoms. The summed E-state index contributed by atoms with van der Waals surface area (Å²) in [6, 6.07) is 21.6. The summed E-state index contributed by atoms with van der Waals surface area (Å²) >= 11 is 0. The Morgan fingerprint density at radius 1 is 0.889 bits per heavy atom. The molecule has 0 aliphatic carbocycles. The molecule has 0 bridgehead atoms. The number of amides is 2. The van der Waals surface area contributed by atoms with Gasteiger partial charge in [0.2, 0.25) is 0 Å². The van der Waals surface area contributed by atoms with Crippen LogP contribution in [0.2, 0.25) is 0 Å². The fraction of sp³-hybridized carbons (Fsp3) is 0.231. The number of ether oxygens (including phenoxy) is 3. The Bertz CT molecular complexity index is 1320. The normalized spacial score (nSPS) is 22.7. The van der Waals surface area contributed by atoms with Crippen molar-refractivity contribution < 1.29 is 19.0 Å². The first-order valence-electron chi connectivity index (χ1n) is 11.7. The van der Waals surface area contributed by atoms with Gasteiger partial charge < -0.3 is 24.8 Å². The minimum absolute atomic E-state index is 0.132. The minimum atomic E-state index is -0.328. The molecule has 4 heterocycles. The Kier molecular flexibility index (Phi) is 6.02. The van der Waals surface area contributed by atoms with Gasteiger partial charge >= 0.3 is 6.03 Å². The number of hydrogen-bond donors (Lipinski definition) is 2. The quantitative estimate of drug-likeness (QED) is 0.429. The van der Waals surface area contributed by atoms with E-state index < -0.39 is 0 Å². The number of para-hydroxylation sites is 1. The van der Waals surface area contributed by atoms with Crippen LogP contribution in [-0.4, -0.2) is 57.5 Å². The summed E-state index contributed by atoms with van der Waals surface area (Å²) in [5.74, 6) is 1.43. The molecule has 4 atom stereocenters. The second-order valence-corrected chi connectivity index (χ2v) is 8.61. The van der Waals surface area contributed by atoms with E-state index in [1.54, 1.807) is 35.1 Å². The van der Waals surface area contributed by atoms with E-state index in [1.165, 1.54) is 0 Å². The maximum absolute atomic E-state index is 12.6. The Balaban J connectivity index is 1.04. The van der Waals surface area contributed by atoms with Crippen LogP contribution in [-0.2, 0) is 9.47 Å². The number of pyridine rings is 1. The highest BCUT2D eigenvalue weighted by atomic mass is 16.6. The molecule has 0 saturated carbocycles. The van der Waals surface area contributed by atoms with E-state index in [0.29, 0.717) is 30.3 Å². The number of nitrogens with zero attached hydrogens (tertiary/aromatic N) is 4. The molecule has 2 aromatic carbocycles. The zero-order chi connectivity index (χ0) is 24.3. The monoisotopic (exact) mass is 484 g/mol. The second-order valence-electron chi connectivity index (χ2n) is 8.61. The zero-order valence-electron chi connectivity index (χ0n) is 19.2. The first-order valence-corrected chi connectivity index (χ1v) is 11.7. The lowest BCUT2D eigenvalue weighted by Gasteiger charge is -2.18. The van der Waals surface area contributed by atoms with Crippen LogP contribution in [0.1, 0.15) is 6.04 Å². The molecular formula is C26H24N6O4. The third-order valence-electron chi connectivity index (χ3n) is 6.21. The number of fused-ring (bicyclic) bond motifs is 1. The number of carbonyl (C=O) groups is 1. The molecule has 36 heavy (non-hydrogen) atoms. The molecule has 0 radical (unpaired) electrons. The predicted octanol–water partition coefficient (Wildman–Crippen LogP) is 3.66. The number of urea groups is 1. The van der Waals surface area contributed by atoms with Crippen molar-refractivity contribution in [2.75, 3.05) is 18.5 Å². The summed E-state index contributed by atoms with van der Waals surface area (Å²) in [7, 11) is 0. The molecular weight excluding hydrogens is 460 g/mol. The molecule has 182 valence electrons. The third kappa shape index (κ3) is 4.64. The number of anilines is 1. The van der Waals surface area contributed by atoms with E-state index in [4.69, 9.17) is 14.2 Å². The maximum Gasteiger partial charge on any atom is 0.319 e. The van der Waals surface area contributed by atoms with E-state index in [1.807, 2.05) is 54.7 Å². The zero-order valence-corrected chi connectivity index (χ0v) is 19.2. The highest BCUT2D eigenvalue weighted by molar-refractivity contribution is 5.89. The Morgan fingerprint density at radius 2 is 1.67 bits per heavy atom. The number of benzene rings is 2. The van der Waals surface area contributed by atoms with Crippen molar-refractivity contribution in [2.24, 2.45) is 0 Å². The van der Waals surface area contributed by atoms with Crippen LogP contribution in [0.25, 0.3) is 11.4 Å². The summed E-state index contributed by atoms with van der Waals surface area (Å²) in [5.41, 5.74) is 2.09. The van der Waals surface area contributed by atoms with Crippen LogP contribution in [0.3, 0.4) is 0 Å². The second kappa shape index (κ2) is 9.76. The summed E-state index contributed by atoms with van der Waals surface area (Å²) in [6.07, 6.45) is 3.06. The lowest BCUT2D eigenvalue weighted by atomic mass is 10.1. The van der Waals surface area contributed by atoms with Gasteiger partial charge in [-0.05, 0) is 48.5 Å². The molecule has 10 nitrogen and oxygen atoms in total. The van der Waals surface area contributed by atoms with Gasteiger partial charge in [-0.1, -0.05) is 29.5 Å². The molecule has 2 N–H and O–H groups in total. The highest BCUT2D eigenvalue weighted by Crippen LogP contribution is 2.34. The van der Waals surface area contributed by atoms with Gasteiger partial charge in [0.25, 0.3) is 0 Å². The number of rotatable bonds is 6. The number of nitrogens with one attached hydrogen (secondary N) is 2. The summed E-state index contributed by atoms with van der Waals surface area (Å²) in [6.45, 7) is 0.772. The fourth-order valence-electron chi connectivity index (χ4n) is 4.47. The number of hydrogen-bond acceptors (Lipinski definition) is 7. The molecule has 2 saturated heterocycles. The van der Waals surface area contributed by atoms with Gasteiger partial charge in [0, 0.05) is 11.9 Å². The van der Waals surface area contributed by atoms with Gasteiger partial charge in [0.05, 0.1) is 31.1 Å². The third-order valence-corrected chi connectivity index (χ3v) is 6.21. The van der Waals surface area contributed by atoms with Crippen LogP contribution in [0, 0.1) is 0 Å². The molecule has 2 fully saturated rings. The van der Waals surface area contributed by atoms with Gasteiger partial charge in [0.1, 0.15) is 35.4 Å². The predicted molar refractivity (Wildman–Crippen MR) is 131 cm³/mol. The number of aromatic nitrogens is 4. The fourth-order valence-corrected chi connectivity index (χ4v) is 4.47. The van der Waals surface area contributed by atoms with Crippen LogP contribution in [0.5, 0.6) is 11.5 Å². The Labute approximate surface area is 207 Å². The Hall–Kier alpha value is -4.28. The summed E-state index contributed by atoms with van der Waals surface area (Å²) in [4.78, 5) is 17.0. The molecule has 6 rings (SSSR count). The van der Waals surface area contributed by atoms with Gasteiger partial charge in [-0.25, -0.2) is 9.48 Å². The molecule has 10 heteroatoms. The largest absolute Gasteiger partial charge is 0.457 e. The van der Waals surface area contributed by atoms with Gasteiger partial charge in [-0.3, -0.25) is 4.98 Å². The van der Waals surface area contributed by atoms with Crippen molar-refractivity contribution in [2.45, 2.75) is 24.3 Å². The van der Waals surface area contributed by atoms with Crippen LogP contribution in [0.15, 0.2) is 85.2 Å². The van der Waals surface area contributed by atoms with E-state index in [9.17, 15) is 4.79 Å². The topological polar surface area (TPSA) is 112 Å². The molecule has 2 aliphatic heterocycles. The lowest BCUT2D eigenvalue weighted by Crippen LogP contribution is -2.45. The average Bonchev–Trinajstić information content (AvgIpc) is 3.64. The van der Waals surface area contributed by atoms with Crippen molar-refractivity contribution in [3.63, 3.8) is 0 Å². The SMILES string of the molecule is O=C(Nc1ccc(Oc2ccccc2)cc1)N[C@H]1CO[C@H]2[C@@H]1OC[C@@H]2n1cc(-c2ccccn2)nn1. The van der Waals surface area contributed by atoms with E-state index in [0.717, 1.165) is 11.4 Å². The van der Waals surface area contributed by atoms with Gasteiger partial charge in [0.15, 0.2) is 0 Å². The van der Waals surface area contributed by atoms with Crippen molar-refractivity contribution in [3.05, 3.63) is 85.2 Å². The summed E-state index contributed by atoms with van der Waals surface area (Å²) in [5, 5.41) is 14.3. The van der Waals surface area contributed by atoms with Crippen LogP contribution >= 0.6 is 0 Å². The van der Waals surface area contributed by atoms with Crippen molar-refractivity contribution in [3.8, 4) is 22.9 Å². The van der Waals surface area contributed by atoms with Crippen molar-refractivity contribution in [1.82, 2.24) is 25.3 Å². The van der Waals surface area contributed by atoms with E-state index >= 15 is 0 Å². The number of carbonyl (C=O) groups excluding carboxylic acids is 1. The van der Waals surface area contributed by atoms with Crippen molar-refractivity contribution >= 4 is 11.7 Å². The van der Waals surface area contributed by atoms with E-state index in [2.05, 4.69) is 25.9 Å². The molecule has 2 amide bonds. The lowest BCUT2D eigenvalue weighted by molar-refractivity contribution is 0.0622. The van der Waals surface area contributed by atoms with Crippen molar-refractivity contribution in [1.29, 1.82) is 0 Å². The molecule has 4 aromatic rings. The average molecular weight is 485 g/mol. The van der Waals surface area contributed by atoms with Crippen LogP contribution in [0.4, 0.5) is 10.5 Å². The van der Waals surface area contributed by atoms with Gasteiger partial charge in [-0.2, -0.15) is 0 Å². The highest BCUT2D eigenvalue weighted by Gasteiger charge is 2.49. The molecule has 2 aromatic heterocycles. The first kappa shape index (κ1) is 22.2. The van der Waals surface area contributed by atoms with Crippen LogP contribution < -0.4 is 15.4 Å². The summed E-state index contributed by atoms with van der Waals surface area (Å²) < 4.78 is 19.6. The first-order chi connectivity index (χ1) is 17.7. The smallest absolute Gasteiger partial charge is 0.319 e. The maximum atomic E-state index is 12.6. The molecule has 2 aliphatic rings. The Morgan fingerprint density at radius 3 is 2.47 bits per heavy atom. The van der Waals surface area contributed by atoms with E-state index in [-0.39, 0.29) is 30.3 Å². The standard InChI is InChI=1S/C26H24N6O4/c33-26(28-17-9-11-19(12-10-17)36-18-6-2-1-3-7-18)29-22-15-34-25-23(16-35-24(22)25)32-14-21(30-31-32)20-8-4-5-13-27-20/h1-14,22-25H,15-16H2,(H2,28,29,33)/t22-,23-,24+,25+/m0/s1. The molecule has 0 unspecified atom stereocenters.